The molecule has 2 rings (SSSR count). The van der Waals surface area contributed by atoms with Crippen LogP contribution in [0.3, 0.4) is 0 Å². The normalized spacial score (nSPS) is 18.8. The third-order valence-corrected chi connectivity index (χ3v) is 6.09. The van der Waals surface area contributed by atoms with Gasteiger partial charge < -0.3 is 0 Å². The van der Waals surface area contributed by atoms with Crippen molar-refractivity contribution in [3.63, 3.8) is 0 Å². The minimum Gasteiger partial charge on any atom is -0.207 e. The maximum atomic E-state index is 12.8. The second kappa shape index (κ2) is 6.49. The maximum absolute atomic E-state index is 12.8. The topological polar surface area (TPSA) is 37.4 Å². The molecule has 1 aliphatic rings. The molecule has 136 valence electrons. The lowest BCUT2D eigenvalue weighted by Gasteiger charge is -2.32. The molecule has 1 aromatic rings. The largest absolute Gasteiger partial charge is 0.416 e. The minimum atomic E-state index is -4.74. The maximum Gasteiger partial charge on any atom is 0.416 e. The molecule has 11 heteroatoms. The zero-order chi connectivity index (χ0) is 18.3. The van der Waals surface area contributed by atoms with Crippen LogP contribution in [-0.4, -0.2) is 32.0 Å². The summed E-state index contributed by atoms with van der Waals surface area (Å²) in [6.45, 7) is -0.777. The van der Waals surface area contributed by atoms with Crippen LogP contribution in [0.15, 0.2) is 27.6 Å². The Labute approximate surface area is 142 Å². The SMILES string of the molecule is O=S(=O)(c1cc(Br)cc(C(F)(F)F)c1)N1CCC(C(F)(F)F)CC1. The Balaban J connectivity index is 2.28. The molecule has 1 fully saturated rings. The molecule has 1 aliphatic heterocycles. The van der Waals surface area contributed by atoms with Crippen molar-refractivity contribution in [3.8, 4) is 0 Å². The minimum absolute atomic E-state index is 0.0823. The van der Waals surface area contributed by atoms with Crippen LogP contribution in [0, 0.1) is 5.92 Å². The Bertz CT molecular complexity index is 708. The molecule has 0 aliphatic carbocycles. The molecule has 1 heterocycles. The highest BCUT2D eigenvalue weighted by Crippen LogP contribution is 2.37. The van der Waals surface area contributed by atoms with Crippen LogP contribution in [-0.2, 0) is 16.2 Å². The van der Waals surface area contributed by atoms with Crippen LogP contribution in [0.25, 0.3) is 0 Å². The third-order valence-electron chi connectivity index (χ3n) is 3.75. The first-order chi connectivity index (χ1) is 10.8. The lowest BCUT2D eigenvalue weighted by molar-refractivity contribution is -0.182. The Morgan fingerprint density at radius 1 is 1.00 bits per heavy atom. The van der Waals surface area contributed by atoms with Gasteiger partial charge in [0.1, 0.15) is 0 Å². The van der Waals surface area contributed by atoms with Crippen molar-refractivity contribution < 1.29 is 34.8 Å². The van der Waals surface area contributed by atoms with E-state index in [0.717, 1.165) is 16.4 Å². The zero-order valence-electron chi connectivity index (χ0n) is 12.0. The Morgan fingerprint density at radius 3 is 2.00 bits per heavy atom. The van der Waals surface area contributed by atoms with E-state index < -0.39 is 51.6 Å². The fraction of sp³-hybridized carbons (Fsp3) is 0.538. The Hall–Kier alpha value is -0.810. The second-order valence-electron chi connectivity index (χ2n) is 5.39. The fourth-order valence-electron chi connectivity index (χ4n) is 2.45. The lowest BCUT2D eigenvalue weighted by Crippen LogP contribution is -2.42. The molecule has 0 amide bonds. The summed E-state index contributed by atoms with van der Waals surface area (Å²) in [5.41, 5.74) is -1.15. The number of hydrogen-bond donors (Lipinski definition) is 0. The molecule has 3 nitrogen and oxygen atoms in total. The summed E-state index contributed by atoms with van der Waals surface area (Å²) < 4.78 is 102. The molecule has 0 spiro atoms. The lowest BCUT2D eigenvalue weighted by atomic mass is 9.98. The highest BCUT2D eigenvalue weighted by atomic mass is 79.9. The quantitative estimate of drug-likeness (QED) is 0.639. The van der Waals surface area contributed by atoms with Crippen LogP contribution in [0.2, 0.25) is 0 Å². The van der Waals surface area contributed by atoms with E-state index in [-0.39, 0.29) is 17.6 Å². The molecule has 0 atom stereocenters. The van der Waals surface area contributed by atoms with E-state index in [1.54, 1.807) is 0 Å². The first-order valence-electron chi connectivity index (χ1n) is 6.76. The van der Waals surface area contributed by atoms with Crippen molar-refractivity contribution in [3.05, 3.63) is 28.2 Å². The van der Waals surface area contributed by atoms with Gasteiger partial charge in [0.25, 0.3) is 0 Å². The van der Waals surface area contributed by atoms with Gasteiger partial charge in [-0.05, 0) is 31.0 Å². The monoisotopic (exact) mass is 439 g/mol. The van der Waals surface area contributed by atoms with Crippen molar-refractivity contribution in [1.29, 1.82) is 0 Å². The molecule has 0 N–H and O–H groups in total. The molecule has 0 bridgehead atoms. The number of piperidine rings is 1. The fourth-order valence-corrected chi connectivity index (χ4v) is 4.63. The molecular formula is C13H12BrF6NO2S. The van der Waals surface area contributed by atoms with E-state index in [4.69, 9.17) is 0 Å². The first-order valence-corrected chi connectivity index (χ1v) is 9.00. The molecule has 1 saturated heterocycles. The molecule has 0 saturated carbocycles. The third kappa shape index (κ3) is 4.23. The van der Waals surface area contributed by atoms with Gasteiger partial charge in [-0.2, -0.15) is 30.6 Å². The zero-order valence-corrected chi connectivity index (χ0v) is 14.4. The average molecular weight is 440 g/mol. The molecular weight excluding hydrogens is 428 g/mol. The van der Waals surface area contributed by atoms with E-state index in [0.29, 0.717) is 6.07 Å². The number of rotatable bonds is 2. The van der Waals surface area contributed by atoms with Gasteiger partial charge in [0.05, 0.1) is 16.4 Å². The predicted octanol–water partition coefficient (Wildman–Crippen LogP) is 4.43. The molecule has 0 unspecified atom stereocenters. The van der Waals surface area contributed by atoms with Gasteiger partial charge in [0.2, 0.25) is 10.0 Å². The summed E-state index contributed by atoms with van der Waals surface area (Å²) in [5, 5.41) is 0. The highest BCUT2D eigenvalue weighted by molar-refractivity contribution is 9.10. The number of hydrogen-bond acceptors (Lipinski definition) is 2. The van der Waals surface area contributed by atoms with Gasteiger partial charge >= 0.3 is 12.4 Å². The van der Waals surface area contributed by atoms with E-state index in [2.05, 4.69) is 15.9 Å². The van der Waals surface area contributed by atoms with Crippen LogP contribution in [0.5, 0.6) is 0 Å². The van der Waals surface area contributed by atoms with Crippen molar-refractivity contribution in [2.45, 2.75) is 30.1 Å². The number of nitrogens with zero attached hydrogens (tertiary/aromatic N) is 1. The summed E-state index contributed by atoms with van der Waals surface area (Å²) in [5.74, 6) is -1.60. The Kier molecular flexibility index (Phi) is 5.27. The smallest absolute Gasteiger partial charge is 0.207 e. The molecule has 0 aromatic heterocycles. The van der Waals surface area contributed by atoms with Crippen molar-refractivity contribution in [1.82, 2.24) is 4.31 Å². The summed E-state index contributed by atoms with van der Waals surface area (Å²) in [6.07, 6.45) is -9.97. The molecule has 1 aromatic carbocycles. The number of benzene rings is 1. The summed E-state index contributed by atoms with van der Waals surface area (Å²) in [4.78, 5) is -0.602. The van der Waals surface area contributed by atoms with Gasteiger partial charge in [0.15, 0.2) is 0 Å². The predicted molar refractivity (Wildman–Crippen MR) is 76.7 cm³/mol. The molecule has 24 heavy (non-hydrogen) atoms. The van der Waals surface area contributed by atoms with Gasteiger partial charge in [-0.1, -0.05) is 15.9 Å². The van der Waals surface area contributed by atoms with E-state index in [1.807, 2.05) is 0 Å². The second-order valence-corrected chi connectivity index (χ2v) is 8.25. The van der Waals surface area contributed by atoms with Crippen molar-refractivity contribution in [2.75, 3.05) is 13.1 Å². The van der Waals surface area contributed by atoms with Crippen molar-refractivity contribution in [2.24, 2.45) is 5.92 Å². The highest BCUT2D eigenvalue weighted by Gasteiger charge is 2.43. The van der Waals surface area contributed by atoms with Gasteiger partial charge in [-0.15, -0.1) is 0 Å². The first kappa shape index (κ1) is 19.5. The van der Waals surface area contributed by atoms with Crippen LogP contribution in [0.4, 0.5) is 26.3 Å². The van der Waals surface area contributed by atoms with Gasteiger partial charge in [-0.3, -0.25) is 0 Å². The standard InChI is InChI=1S/C13H12BrF6NO2S/c14-10-5-9(13(18,19)20)6-11(7-10)24(22,23)21-3-1-8(2-4-21)12(15,16)17/h5-8H,1-4H2. The van der Waals surface area contributed by atoms with E-state index in [1.165, 1.54) is 0 Å². The number of halogens is 7. The van der Waals surface area contributed by atoms with E-state index >= 15 is 0 Å². The van der Waals surface area contributed by atoms with Crippen LogP contribution < -0.4 is 0 Å². The number of alkyl halides is 6. The summed E-state index contributed by atoms with van der Waals surface area (Å²) in [6, 6.07) is 2.21. The average Bonchev–Trinajstić information content (AvgIpc) is 2.45. The van der Waals surface area contributed by atoms with Gasteiger partial charge in [-0.25, -0.2) is 8.42 Å². The van der Waals surface area contributed by atoms with E-state index in [9.17, 15) is 34.8 Å². The molecule has 0 radical (unpaired) electrons. The number of sulfonamides is 1. The van der Waals surface area contributed by atoms with Gasteiger partial charge in [0, 0.05) is 17.6 Å². The summed E-state index contributed by atoms with van der Waals surface area (Å²) >= 11 is 2.83. The van der Waals surface area contributed by atoms with Crippen LogP contribution >= 0.6 is 15.9 Å². The van der Waals surface area contributed by atoms with Crippen LogP contribution in [0.1, 0.15) is 18.4 Å². The Morgan fingerprint density at radius 2 is 1.54 bits per heavy atom. The summed E-state index contributed by atoms with van der Waals surface area (Å²) in [7, 11) is -4.30. The van der Waals surface area contributed by atoms with Crippen molar-refractivity contribution >= 4 is 26.0 Å².